The molecule has 1 aliphatic heterocycles. The molecule has 1 saturated heterocycles. The normalized spacial score (nSPS) is 21.6. The standard InChI is InChI=1S/C13H19FN2/c1-10-3-2-4-16(10)9-12-5-11(8-15)6-13(14)7-12/h5-7,10H,2-4,8-9,15H2,1H3. The summed E-state index contributed by atoms with van der Waals surface area (Å²) in [7, 11) is 0. The molecule has 2 N–H and O–H groups in total. The molecular weight excluding hydrogens is 203 g/mol. The van der Waals surface area contributed by atoms with E-state index < -0.39 is 0 Å². The lowest BCUT2D eigenvalue weighted by Gasteiger charge is -2.21. The van der Waals surface area contributed by atoms with Gasteiger partial charge in [0.25, 0.3) is 0 Å². The molecule has 0 spiro atoms. The van der Waals surface area contributed by atoms with E-state index in [0.717, 1.165) is 24.2 Å². The molecule has 1 unspecified atom stereocenters. The largest absolute Gasteiger partial charge is 0.326 e. The molecule has 16 heavy (non-hydrogen) atoms. The Bertz CT molecular complexity index is 365. The molecule has 1 aromatic carbocycles. The lowest BCUT2D eigenvalue weighted by molar-refractivity contribution is 0.260. The molecule has 1 heterocycles. The van der Waals surface area contributed by atoms with Crippen LogP contribution in [0.4, 0.5) is 4.39 Å². The number of halogens is 1. The molecule has 2 rings (SSSR count). The van der Waals surface area contributed by atoms with Gasteiger partial charge in [0, 0.05) is 19.1 Å². The summed E-state index contributed by atoms with van der Waals surface area (Å²) in [6, 6.07) is 5.75. The van der Waals surface area contributed by atoms with Gasteiger partial charge in [0.1, 0.15) is 5.82 Å². The van der Waals surface area contributed by atoms with Crippen LogP contribution in [0.25, 0.3) is 0 Å². The van der Waals surface area contributed by atoms with Crippen LogP contribution in [0.2, 0.25) is 0 Å². The molecule has 88 valence electrons. The van der Waals surface area contributed by atoms with E-state index in [4.69, 9.17) is 5.73 Å². The van der Waals surface area contributed by atoms with Gasteiger partial charge in [-0.1, -0.05) is 6.07 Å². The van der Waals surface area contributed by atoms with Crippen molar-refractivity contribution in [2.75, 3.05) is 6.54 Å². The Balaban J connectivity index is 2.11. The minimum absolute atomic E-state index is 0.176. The van der Waals surface area contributed by atoms with Crippen molar-refractivity contribution in [1.82, 2.24) is 4.90 Å². The molecule has 0 amide bonds. The monoisotopic (exact) mass is 222 g/mol. The first-order valence-corrected chi connectivity index (χ1v) is 5.91. The summed E-state index contributed by atoms with van der Waals surface area (Å²) in [5, 5.41) is 0. The van der Waals surface area contributed by atoms with Crippen LogP contribution in [-0.4, -0.2) is 17.5 Å². The molecule has 1 fully saturated rings. The third-order valence-corrected chi connectivity index (χ3v) is 3.33. The molecular formula is C13H19FN2. The quantitative estimate of drug-likeness (QED) is 0.850. The van der Waals surface area contributed by atoms with Crippen LogP contribution in [0.15, 0.2) is 18.2 Å². The van der Waals surface area contributed by atoms with Crippen molar-refractivity contribution >= 4 is 0 Å². The minimum atomic E-state index is -0.176. The van der Waals surface area contributed by atoms with E-state index >= 15 is 0 Å². The molecule has 3 heteroatoms. The topological polar surface area (TPSA) is 29.3 Å². The molecule has 0 bridgehead atoms. The second-order valence-corrected chi connectivity index (χ2v) is 4.63. The molecule has 0 aromatic heterocycles. The molecule has 1 aromatic rings. The SMILES string of the molecule is CC1CCCN1Cc1cc(F)cc(CN)c1. The van der Waals surface area contributed by atoms with E-state index in [1.165, 1.54) is 18.9 Å². The van der Waals surface area contributed by atoms with Crippen molar-refractivity contribution in [2.45, 2.75) is 38.9 Å². The predicted molar refractivity (Wildman–Crippen MR) is 63.4 cm³/mol. The summed E-state index contributed by atoms with van der Waals surface area (Å²) < 4.78 is 13.3. The summed E-state index contributed by atoms with van der Waals surface area (Å²) in [5.74, 6) is -0.176. The molecule has 1 atom stereocenters. The van der Waals surface area contributed by atoms with Crippen molar-refractivity contribution in [1.29, 1.82) is 0 Å². The lowest BCUT2D eigenvalue weighted by atomic mass is 10.1. The zero-order valence-corrected chi connectivity index (χ0v) is 9.75. The van der Waals surface area contributed by atoms with Crippen LogP contribution in [0.3, 0.4) is 0 Å². The maximum atomic E-state index is 13.3. The third kappa shape index (κ3) is 2.60. The number of rotatable bonds is 3. The maximum Gasteiger partial charge on any atom is 0.123 e. The van der Waals surface area contributed by atoms with Crippen molar-refractivity contribution in [3.63, 3.8) is 0 Å². The van der Waals surface area contributed by atoms with E-state index in [2.05, 4.69) is 11.8 Å². The first kappa shape index (κ1) is 11.6. The van der Waals surface area contributed by atoms with E-state index in [0.29, 0.717) is 12.6 Å². The third-order valence-electron chi connectivity index (χ3n) is 3.33. The maximum absolute atomic E-state index is 13.3. The second-order valence-electron chi connectivity index (χ2n) is 4.63. The Kier molecular flexibility index (Phi) is 3.56. The van der Waals surface area contributed by atoms with Gasteiger partial charge < -0.3 is 5.73 Å². The van der Waals surface area contributed by atoms with Crippen LogP contribution >= 0.6 is 0 Å². The lowest BCUT2D eigenvalue weighted by Crippen LogP contribution is -2.26. The molecule has 0 aliphatic carbocycles. The minimum Gasteiger partial charge on any atom is -0.326 e. The second kappa shape index (κ2) is 4.93. The number of hydrogen-bond acceptors (Lipinski definition) is 2. The fourth-order valence-corrected chi connectivity index (χ4v) is 2.39. The molecule has 0 saturated carbocycles. The zero-order valence-electron chi connectivity index (χ0n) is 9.75. The summed E-state index contributed by atoms with van der Waals surface area (Å²) in [5.41, 5.74) is 7.46. The van der Waals surface area contributed by atoms with Crippen molar-refractivity contribution < 1.29 is 4.39 Å². The van der Waals surface area contributed by atoms with Gasteiger partial charge in [-0.3, -0.25) is 4.90 Å². The van der Waals surface area contributed by atoms with E-state index in [-0.39, 0.29) is 5.82 Å². The van der Waals surface area contributed by atoms with Gasteiger partial charge >= 0.3 is 0 Å². The molecule has 1 aliphatic rings. The molecule has 0 radical (unpaired) electrons. The Morgan fingerprint density at radius 3 is 2.75 bits per heavy atom. The highest BCUT2D eigenvalue weighted by molar-refractivity contribution is 5.24. The van der Waals surface area contributed by atoms with Crippen LogP contribution in [0.5, 0.6) is 0 Å². The average Bonchev–Trinajstić information content (AvgIpc) is 2.63. The highest BCUT2D eigenvalue weighted by atomic mass is 19.1. The number of nitrogens with zero attached hydrogens (tertiary/aromatic N) is 1. The number of benzene rings is 1. The number of nitrogens with two attached hydrogens (primary N) is 1. The Morgan fingerprint density at radius 2 is 2.12 bits per heavy atom. The first-order chi connectivity index (χ1) is 7.69. The first-order valence-electron chi connectivity index (χ1n) is 5.91. The van der Waals surface area contributed by atoms with Crippen molar-refractivity contribution in [3.8, 4) is 0 Å². The van der Waals surface area contributed by atoms with Gasteiger partial charge in [0.2, 0.25) is 0 Å². The average molecular weight is 222 g/mol. The summed E-state index contributed by atoms with van der Waals surface area (Å²) in [4.78, 5) is 2.40. The van der Waals surface area contributed by atoms with Gasteiger partial charge in [-0.2, -0.15) is 0 Å². The van der Waals surface area contributed by atoms with Crippen molar-refractivity contribution in [3.05, 3.63) is 35.1 Å². The van der Waals surface area contributed by atoms with Gasteiger partial charge in [-0.25, -0.2) is 4.39 Å². The highest BCUT2D eigenvalue weighted by Gasteiger charge is 2.20. The molecule has 2 nitrogen and oxygen atoms in total. The van der Waals surface area contributed by atoms with Gasteiger partial charge in [-0.05, 0) is 49.6 Å². The highest BCUT2D eigenvalue weighted by Crippen LogP contribution is 2.20. The van der Waals surface area contributed by atoms with E-state index in [9.17, 15) is 4.39 Å². The van der Waals surface area contributed by atoms with E-state index in [1.807, 2.05) is 6.07 Å². The van der Waals surface area contributed by atoms with Gasteiger partial charge in [-0.15, -0.1) is 0 Å². The number of likely N-dealkylation sites (tertiary alicyclic amines) is 1. The van der Waals surface area contributed by atoms with Gasteiger partial charge in [0.05, 0.1) is 0 Å². The smallest absolute Gasteiger partial charge is 0.123 e. The van der Waals surface area contributed by atoms with Crippen LogP contribution in [0, 0.1) is 5.82 Å². The Labute approximate surface area is 96.2 Å². The summed E-state index contributed by atoms with van der Waals surface area (Å²) in [6.45, 7) is 4.60. The Morgan fingerprint density at radius 1 is 1.38 bits per heavy atom. The van der Waals surface area contributed by atoms with Crippen molar-refractivity contribution in [2.24, 2.45) is 5.73 Å². The number of hydrogen-bond donors (Lipinski definition) is 1. The zero-order chi connectivity index (χ0) is 11.5. The van der Waals surface area contributed by atoms with Crippen LogP contribution in [-0.2, 0) is 13.1 Å². The van der Waals surface area contributed by atoms with Crippen LogP contribution < -0.4 is 5.73 Å². The summed E-state index contributed by atoms with van der Waals surface area (Å²) >= 11 is 0. The van der Waals surface area contributed by atoms with Gasteiger partial charge in [0.15, 0.2) is 0 Å². The van der Waals surface area contributed by atoms with Crippen LogP contribution in [0.1, 0.15) is 30.9 Å². The fraction of sp³-hybridized carbons (Fsp3) is 0.538. The van der Waals surface area contributed by atoms with E-state index in [1.54, 1.807) is 6.07 Å². The Hall–Kier alpha value is -0.930. The summed E-state index contributed by atoms with van der Waals surface area (Å²) in [6.07, 6.45) is 2.50. The predicted octanol–water partition coefficient (Wildman–Crippen LogP) is 2.27. The fourth-order valence-electron chi connectivity index (χ4n) is 2.39.